The molecule has 2 aliphatic heterocycles. The Balaban J connectivity index is 1.29. The van der Waals surface area contributed by atoms with Crippen molar-refractivity contribution in [1.82, 2.24) is 14.8 Å². The SMILES string of the molecule is O=C(Nc1ccc(N2CCCC2)c(Cl)c1)N1CCN(Cc2ccncc2)CC1. The molecule has 1 N–H and O–H groups in total. The maximum atomic E-state index is 12.6. The van der Waals surface area contributed by atoms with Gasteiger partial charge in [0.05, 0.1) is 10.7 Å². The number of rotatable bonds is 4. The predicted molar refractivity (Wildman–Crippen MR) is 113 cm³/mol. The van der Waals surface area contributed by atoms with E-state index in [1.54, 1.807) is 0 Å². The van der Waals surface area contributed by atoms with E-state index in [9.17, 15) is 4.79 Å². The number of piperazine rings is 1. The lowest BCUT2D eigenvalue weighted by Crippen LogP contribution is -2.49. The lowest BCUT2D eigenvalue weighted by molar-refractivity contribution is 0.143. The fraction of sp³-hybridized carbons (Fsp3) is 0.429. The Morgan fingerprint density at radius 1 is 1.00 bits per heavy atom. The second-order valence-corrected chi connectivity index (χ2v) is 7.82. The second kappa shape index (κ2) is 8.80. The van der Waals surface area contributed by atoms with Crippen LogP contribution in [0.15, 0.2) is 42.7 Å². The molecular formula is C21H26ClN5O. The molecule has 2 amide bonds. The molecule has 4 rings (SSSR count). The molecule has 6 nitrogen and oxygen atoms in total. The summed E-state index contributed by atoms with van der Waals surface area (Å²) in [5, 5.41) is 3.69. The molecule has 0 radical (unpaired) electrons. The molecule has 0 atom stereocenters. The molecule has 0 bridgehead atoms. The van der Waals surface area contributed by atoms with Crippen LogP contribution in [0.5, 0.6) is 0 Å². The Morgan fingerprint density at radius 2 is 1.71 bits per heavy atom. The van der Waals surface area contributed by atoms with E-state index in [-0.39, 0.29) is 6.03 Å². The molecule has 0 spiro atoms. The first-order valence-electron chi connectivity index (χ1n) is 9.91. The van der Waals surface area contributed by atoms with Gasteiger partial charge in [-0.15, -0.1) is 0 Å². The molecule has 148 valence electrons. The molecule has 0 saturated carbocycles. The van der Waals surface area contributed by atoms with E-state index in [1.807, 2.05) is 47.6 Å². The van der Waals surface area contributed by atoms with Crippen LogP contribution in [0.1, 0.15) is 18.4 Å². The minimum absolute atomic E-state index is 0.0615. The molecule has 3 heterocycles. The van der Waals surface area contributed by atoms with E-state index in [2.05, 4.69) is 20.1 Å². The van der Waals surface area contributed by atoms with Crippen LogP contribution < -0.4 is 10.2 Å². The van der Waals surface area contributed by atoms with Crippen molar-refractivity contribution in [1.29, 1.82) is 0 Å². The summed E-state index contributed by atoms with van der Waals surface area (Å²) in [6.07, 6.45) is 6.06. The first-order valence-corrected chi connectivity index (χ1v) is 10.3. The van der Waals surface area contributed by atoms with Gasteiger partial charge in [-0.25, -0.2) is 4.79 Å². The number of carbonyl (C=O) groups excluding carboxylic acids is 1. The van der Waals surface area contributed by atoms with E-state index < -0.39 is 0 Å². The molecule has 7 heteroatoms. The maximum Gasteiger partial charge on any atom is 0.321 e. The highest BCUT2D eigenvalue weighted by molar-refractivity contribution is 6.33. The summed E-state index contributed by atoms with van der Waals surface area (Å²) in [6.45, 7) is 6.16. The lowest BCUT2D eigenvalue weighted by Gasteiger charge is -2.34. The zero-order chi connectivity index (χ0) is 19.3. The average Bonchev–Trinajstić information content (AvgIpc) is 3.24. The van der Waals surface area contributed by atoms with E-state index in [1.165, 1.54) is 18.4 Å². The van der Waals surface area contributed by atoms with Gasteiger partial charge >= 0.3 is 6.03 Å². The number of urea groups is 1. The van der Waals surface area contributed by atoms with Crippen LogP contribution in [0, 0.1) is 0 Å². The van der Waals surface area contributed by atoms with Crippen molar-refractivity contribution in [2.45, 2.75) is 19.4 Å². The minimum Gasteiger partial charge on any atom is -0.370 e. The van der Waals surface area contributed by atoms with Gasteiger partial charge in [0.15, 0.2) is 0 Å². The zero-order valence-corrected chi connectivity index (χ0v) is 16.7. The van der Waals surface area contributed by atoms with Crippen molar-refractivity contribution in [2.75, 3.05) is 49.5 Å². The minimum atomic E-state index is -0.0615. The molecular weight excluding hydrogens is 374 g/mol. The van der Waals surface area contributed by atoms with Crippen LogP contribution in [-0.4, -0.2) is 60.1 Å². The van der Waals surface area contributed by atoms with Gasteiger partial charge in [0.25, 0.3) is 0 Å². The Hall–Kier alpha value is -2.31. The first kappa shape index (κ1) is 19.0. The van der Waals surface area contributed by atoms with Crippen LogP contribution in [-0.2, 0) is 6.54 Å². The first-order chi connectivity index (χ1) is 13.7. The topological polar surface area (TPSA) is 51.7 Å². The Kier molecular flexibility index (Phi) is 5.98. The zero-order valence-electron chi connectivity index (χ0n) is 16.0. The largest absolute Gasteiger partial charge is 0.370 e. The molecule has 2 aliphatic rings. The van der Waals surface area contributed by atoms with Gasteiger partial charge in [-0.3, -0.25) is 9.88 Å². The van der Waals surface area contributed by atoms with Crippen molar-refractivity contribution >= 4 is 29.0 Å². The smallest absolute Gasteiger partial charge is 0.321 e. The van der Waals surface area contributed by atoms with Crippen molar-refractivity contribution in [3.05, 3.63) is 53.3 Å². The third-order valence-electron chi connectivity index (χ3n) is 5.46. The average molecular weight is 400 g/mol. The number of benzene rings is 1. The van der Waals surface area contributed by atoms with Gasteiger partial charge in [0.1, 0.15) is 0 Å². The van der Waals surface area contributed by atoms with Crippen molar-refractivity contribution in [2.24, 2.45) is 0 Å². The monoisotopic (exact) mass is 399 g/mol. The summed E-state index contributed by atoms with van der Waals surface area (Å²) in [5.74, 6) is 0. The van der Waals surface area contributed by atoms with Crippen LogP contribution >= 0.6 is 11.6 Å². The van der Waals surface area contributed by atoms with Crippen LogP contribution in [0.3, 0.4) is 0 Å². The van der Waals surface area contributed by atoms with E-state index in [0.29, 0.717) is 5.02 Å². The Morgan fingerprint density at radius 3 is 2.39 bits per heavy atom. The molecule has 0 aliphatic carbocycles. The number of hydrogen-bond acceptors (Lipinski definition) is 4. The number of halogens is 1. The summed E-state index contributed by atoms with van der Waals surface area (Å²) >= 11 is 6.46. The number of nitrogens with zero attached hydrogens (tertiary/aromatic N) is 4. The van der Waals surface area contributed by atoms with Gasteiger partial charge in [0, 0.05) is 63.9 Å². The van der Waals surface area contributed by atoms with Crippen LogP contribution in [0.25, 0.3) is 0 Å². The number of carbonyl (C=O) groups is 1. The van der Waals surface area contributed by atoms with Crippen molar-refractivity contribution in [3.63, 3.8) is 0 Å². The van der Waals surface area contributed by atoms with Gasteiger partial charge in [-0.05, 0) is 48.7 Å². The number of nitrogens with one attached hydrogen (secondary N) is 1. The highest BCUT2D eigenvalue weighted by Crippen LogP contribution is 2.31. The molecule has 1 aromatic carbocycles. The lowest BCUT2D eigenvalue weighted by atomic mass is 10.2. The Labute approximate surface area is 171 Å². The van der Waals surface area contributed by atoms with E-state index >= 15 is 0 Å². The Bertz CT molecular complexity index is 802. The predicted octanol–water partition coefficient (Wildman–Crippen LogP) is 3.68. The summed E-state index contributed by atoms with van der Waals surface area (Å²) in [5.41, 5.74) is 3.06. The highest BCUT2D eigenvalue weighted by atomic mass is 35.5. The second-order valence-electron chi connectivity index (χ2n) is 7.41. The normalized spacial score (nSPS) is 17.8. The summed E-state index contributed by atoms with van der Waals surface area (Å²) in [7, 11) is 0. The quantitative estimate of drug-likeness (QED) is 0.851. The molecule has 2 saturated heterocycles. The molecule has 0 unspecified atom stereocenters. The van der Waals surface area contributed by atoms with E-state index in [0.717, 1.165) is 57.2 Å². The highest BCUT2D eigenvalue weighted by Gasteiger charge is 2.22. The molecule has 1 aromatic heterocycles. The van der Waals surface area contributed by atoms with Gasteiger partial charge in [0.2, 0.25) is 0 Å². The van der Waals surface area contributed by atoms with Gasteiger partial charge < -0.3 is 15.1 Å². The fourth-order valence-electron chi connectivity index (χ4n) is 3.86. The number of aromatic nitrogens is 1. The third kappa shape index (κ3) is 4.56. The summed E-state index contributed by atoms with van der Waals surface area (Å²) in [4.78, 5) is 23.2. The fourth-order valence-corrected chi connectivity index (χ4v) is 4.16. The number of hydrogen-bond donors (Lipinski definition) is 1. The molecule has 28 heavy (non-hydrogen) atoms. The van der Waals surface area contributed by atoms with Gasteiger partial charge in [-0.2, -0.15) is 0 Å². The van der Waals surface area contributed by atoms with E-state index in [4.69, 9.17) is 11.6 Å². The summed E-state index contributed by atoms with van der Waals surface area (Å²) < 4.78 is 0. The summed E-state index contributed by atoms with van der Waals surface area (Å²) in [6, 6.07) is 9.82. The standard InChI is InChI=1S/C21H26ClN5O/c22-19-15-18(3-4-20(19)26-9-1-2-10-26)24-21(28)27-13-11-25(12-14-27)16-17-5-7-23-8-6-17/h3-8,15H,1-2,9-14,16H2,(H,24,28). The number of pyridine rings is 1. The van der Waals surface area contributed by atoms with Crippen molar-refractivity contribution in [3.8, 4) is 0 Å². The molecule has 2 aromatic rings. The van der Waals surface area contributed by atoms with Crippen LogP contribution in [0.2, 0.25) is 5.02 Å². The van der Waals surface area contributed by atoms with Crippen molar-refractivity contribution < 1.29 is 4.79 Å². The molecule has 2 fully saturated rings. The third-order valence-corrected chi connectivity index (χ3v) is 5.76. The van der Waals surface area contributed by atoms with Gasteiger partial charge in [-0.1, -0.05) is 11.6 Å². The maximum absolute atomic E-state index is 12.6. The van der Waals surface area contributed by atoms with Crippen LogP contribution in [0.4, 0.5) is 16.2 Å². The number of anilines is 2. The number of amides is 2.